The van der Waals surface area contributed by atoms with E-state index >= 15 is 0 Å². The number of hydrogen-bond donors (Lipinski definition) is 1. The summed E-state index contributed by atoms with van der Waals surface area (Å²) in [4.78, 5) is 14.2. The Hall–Kier alpha value is -1.46. The Morgan fingerprint density at radius 1 is 1.42 bits per heavy atom. The van der Waals surface area contributed by atoms with Gasteiger partial charge in [0.15, 0.2) is 0 Å². The number of nitrogens with one attached hydrogen (secondary N) is 1. The molecule has 0 unspecified atom stereocenters. The summed E-state index contributed by atoms with van der Waals surface area (Å²) in [6.45, 7) is 6.25. The van der Waals surface area contributed by atoms with Gasteiger partial charge in [-0.15, -0.1) is 22.7 Å². The van der Waals surface area contributed by atoms with Gasteiger partial charge < -0.3 is 0 Å². The quantitative estimate of drug-likeness (QED) is 0.671. The fourth-order valence-electron chi connectivity index (χ4n) is 1.51. The van der Waals surface area contributed by atoms with E-state index < -0.39 is 0 Å². The minimum absolute atomic E-state index is 0.159. The first kappa shape index (κ1) is 14.0. The third kappa shape index (κ3) is 3.52. The van der Waals surface area contributed by atoms with Crippen LogP contribution in [0.15, 0.2) is 28.0 Å². The summed E-state index contributed by atoms with van der Waals surface area (Å²) < 4.78 is 0. The van der Waals surface area contributed by atoms with Crippen molar-refractivity contribution in [1.29, 1.82) is 0 Å². The molecule has 0 aliphatic rings. The monoisotopic (exact) mass is 292 g/mol. The van der Waals surface area contributed by atoms with Gasteiger partial charge in [0.05, 0.1) is 11.8 Å². The molecular weight excluding hydrogens is 276 g/mol. The highest BCUT2D eigenvalue weighted by molar-refractivity contribution is 7.12. The van der Waals surface area contributed by atoms with Gasteiger partial charge in [-0.3, -0.25) is 4.79 Å². The Morgan fingerprint density at radius 3 is 2.79 bits per heavy atom. The normalized spacial score (nSPS) is 11.4. The Bertz CT molecular complexity index is 596. The van der Waals surface area contributed by atoms with Gasteiger partial charge in [0.1, 0.15) is 0 Å². The standard InChI is InChI=1S/C14H16N2OS2/c1-9(2)12-6-11(8-19-12)14(17)16-15-7-13-10(3)4-5-18-13/h4-9H,1-3H3,(H,16,17)/b15-7+. The van der Waals surface area contributed by atoms with E-state index in [1.54, 1.807) is 28.9 Å². The van der Waals surface area contributed by atoms with Crippen molar-refractivity contribution < 1.29 is 4.79 Å². The Labute approximate surface area is 121 Å². The number of amides is 1. The third-order valence-corrected chi connectivity index (χ3v) is 4.89. The summed E-state index contributed by atoms with van der Waals surface area (Å²) in [6.07, 6.45) is 1.69. The van der Waals surface area contributed by atoms with Gasteiger partial charge in [-0.2, -0.15) is 5.10 Å². The summed E-state index contributed by atoms with van der Waals surface area (Å²) in [5.74, 6) is 0.289. The Morgan fingerprint density at radius 2 is 2.21 bits per heavy atom. The fraction of sp³-hybridized carbons (Fsp3) is 0.286. The molecule has 1 amide bonds. The number of hydrogen-bond acceptors (Lipinski definition) is 4. The van der Waals surface area contributed by atoms with Crippen LogP contribution in [-0.2, 0) is 0 Å². The Balaban J connectivity index is 1.97. The average Bonchev–Trinajstić information content (AvgIpc) is 2.98. The molecule has 0 fully saturated rings. The maximum atomic E-state index is 11.9. The number of thiophene rings is 2. The van der Waals surface area contributed by atoms with Gasteiger partial charge >= 0.3 is 0 Å². The minimum atomic E-state index is -0.159. The van der Waals surface area contributed by atoms with Crippen molar-refractivity contribution in [1.82, 2.24) is 5.43 Å². The van der Waals surface area contributed by atoms with Crippen LogP contribution in [0.2, 0.25) is 0 Å². The van der Waals surface area contributed by atoms with Crippen LogP contribution in [0.1, 0.15) is 45.4 Å². The van der Waals surface area contributed by atoms with Crippen molar-refractivity contribution in [3.8, 4) is 0 Å². The molecular formula is C14H16N2OS2. The lowest BCUT2D eigenvalue weighted by molar-refractivity contribution is 0.0955. The van der Waals surface area contributed by atoms with Gasteiger partial charge in [-0.1, -0.05) is 13.8 Å². The lowest BCUT2D eigenvalue weighted by Crippen LogP contribution is -2.16. The molecule has 0 saturated heterocycles. The number of carbonyl (C=O) groups excluding carboxylic acids is 1. The van der Waals surface area contributed by atoms with Gasteiger partial charge in [-0.05, 0) is 35.9 Å². The maximum absolute atomic E-state index is 11.9. The van der Waals surface area contributed by atoms with Crippen molar-refractivity contribution >= 4 is 34.8 Å². The van der Waals surface area contributed by atoms with E-state index in [0.29, 0.717) is 11.5 Å². The molecule has 2 aromatic heterocycles. The van der Waals surface area contributed by atoms with Crippen LogP contribution in [0.4, 0.5) is 0 Å². The lowest BCUT2D eigenvalue weighted by atomic mass is 10.1. The number of rotatable bonds is 4. The summed E-state index contributed by atoms with van der Waals surface area (Å²) in [6, 6.07) is 3.96. The highest BCUT2D eigenvalue weighted by Gasteiger charge is 2.09. The molecule has 5 heteroatoms. The van der Waals surface area contributed by atoms with Crippen LogP contribution in [-0.4, -0.2) is 12.1 Å². The highest BCUT2D eigenvalue weighted by Crippen LogP contribution is 2.23. The molecule has 0 saturated carbocycles. The van der Waals surface area contributed by atoms with Crippen LogP contribution in [0.3, 0.4) is 0 Å². The summed E-state index contributed by atoms with van der Waals surface area (Å²) in [7, 11) is 0. The average molecular weight is 292 g/mol. The first-order valence-corrected chi connectivity index (χ1v) is 7.79. The van der Waals surface area contributed by atoms with E-state index in [9.17, 15) is 4.79 Å². The number of aryl methyl sites for hydroxylation is 1. The smallest absolute Gasteiger partial charge is 0.267 e. The molecule has 1 N–H and O–H groups in total. The summed E-state index contributed by atoms with van der Waals surface area (Å²) >= 11 is 3.22. The Kier molecular flexibility index (Phi) is 4.50. The van der Waals surface area contributed by atoms with Gasteiger partial charge in [0, 0.05) is 15.1 Å². The largest absolute Gasteiger partial charge is 0.272 e. The topological polar surface area (TPSA) is 41.5 Å². The van der Waals surface area contributed by atoms with Crippen LogP contribution >= 0.6 is 22.7 Å². The molecule has 2 heterocycles. The molecule has 0 aliphatic carbocycles. The van der Waals surface area contributed by atoms with E-state index in [2.05, 4.69) is 24.4 Å². The van der Waals surface area contributed by atoms with Crippen molar-refractivity contribution in [2.45, 2.75) is 26.7 Å². The van der Waals surface area contributed by atoms with Crippen molar-refractivity contribution in [2.75, 3.05) is 0 Å². The second-order valence-electron chi connectivity index (χ2n) is 4.56. The lowest BCUT2D eigenvalue weighted by Gasteiger charge is -1.98. The summed E-state index contributed by atoms with van der Waals surface area (Å²) in [5.41, 5.74) is 4.40. The van der Waals surface area contributed by atoms with Crippen molar-refractivity contribution in [2.24, 2.45) is 5.10 Å². The predicted molar refractivity (Wildman–Crippen MR) is 82.5 cm³/mol. The van der Waals surface area contributed by atoms with E-state index in [4.69, 9.17) is 0 Å². The minimum Gasteiger partial charge on any atom is -0.267 e. The summed E-state index contributed by atoms with van der Waals surface area (Å²) in [5, 5.41) is 7.87. The van der Waals surface area contributed by atoms with Crippen LogP contribution in [0.25, 0.3) is 0 Å². The number of carbonyl (C=O) groups is 1. The third-order valence-electron chi connectivity index (χ3n) is 2.70. The van der Waals surface area contributed by atoms with Crippen LogP contribution in [0.5, 0.6) is 0 Å². The molecule has 0 aliphatic heterocycles. The second kappa shape index (κ2) is 6.12. The van der Waals surface area contributed by atoms with Crippen LogP contribution < -0.4 is 5.43 Å². The molecule has 0 bridgehead atoms. The molecule has 2 rings (SSSR count). The molecule has 3 nitrogen and oxygen atoms in total. The van der Waals surface area contributed by atoms with E-state index in [1.807, 2.05) is 29.8 Å². The zero-order chi connectivity index (χ0) is 13.8. The second-order valence-corrected chi connectivity index (χ2v) is 6.45. The highest BCUT2D eigenvalue weighted by atomic mass is 32.1. The molecule has 0 aromatic carbocycles. The zero-order valence-electron chi connectivity index (χ0n) is 11.1. The van der Waals surface area contributed by atoms with E-state index in [-0.39, 0.29) is 5.91 Å². The predicted octanol–water partition coefficient (Wildman–Crippen LogP) is 4.01. The number of nitrogens with zero attached hydrogens (tertiary/aromatic N) is 1. The van der Waals surface area contributed by atoms with E-state index in [1.165, 1.54) is 10.4 Å². The van der Waals surface area contributed by atoms with Gasteiger partial charge in [-0.25, -0.2) is 5.43 Å². The fourth-order valence-corrected chi connectivity index (χ4v) is 3.20. The molecule has 100 valence electrons. The first-order valence-electron chi connectivity index (χ1n) is 6.04. The zero-order valence-corrected chi connectivity index (χ0v) is 12.8. The first-order chi connectivity index (χ1) is 9.08. The van der Waals surface area contributed by atoms with Crippen LogP contribution in [0, 0.1) is 6.92 Å². The van der Waals surface area contributed by atoms with Gasteiger partial charge in [0.25, 0.3) is 5.91 Å². The molecule has 0 atom stereocenters. The molecule has 2 aromatic rings. The molecule has 0 radical (unpaired) electrons. The SMILES string of the molecule is Cc1ccsc1/C=N/NC(=O)c1csc(C(C)C)c1. The molecule has 0 spiro atoms. The van der Waals surface area contributed by atoms with E-state index in [0.717, 1.165) is 4.88 Å². The molecule has 19 heavy (non-hydrogen) atoms. The number of hydrazone groups is 1. The maximum Gasteiger partial charge on any atom is 0.272 e. The van der Waals surface area contributed by atoms with Gasteiger partial charge in [0.2, 0.25) is 0 Å². The van der Waals surface area contributed by atoms with Crippen molar-refractivity contribution in [3.63, 3.8) is 0 Å². The van der Waals surface area contributed by atoms with Crippen molar-refractivity contribution in [3.05, 3.63) is 43.8 Å².